The number of ether oxygens (including phenoxy) is 3. The second-order valence-electron chi connectivity index (χ2n) is 6.73. The van der Waals surface area contributed by atoms with Crippen LogP contribution in [-0.4, -0.2) is 37.0 Å². The fraction of sp³-hybridized carbons (Fsp3) is 0.333. The van der Waals surface area contributed by atoms with E-state index in [1.807, 2.05) is 12.1 Å². The van der Waals surface area contributed by atoms with Crippen molar-refractivity contribution in [1.82, 2.24) is 0 Å². The van der Waals surface area contributed by atoms with Crippen LogP contribution in [0, 0.1) is 10.1 Å². The van der Waals surface area contributed by atoms with E-state index in [-0.39, 0.29) is 22.8 Å². The SMILES string of the molecule is COc1cc(C(=O)O[C@H](C)C(=O)c2ccc3c(c2)CCC3)c([N+](=O)[O-])cc1OC. The maximum Gasteiger partial charge on any atom is 0.346 e. The van der Waals surface area contributed by atoms with Gasteiger partial charge in [0.2, 0.25) is 5.78 Å². The zero-order valence-corrected chi connectivity index (χ0v) is 16.4. The predicted octanol–water partition coefficient (Wildman–Crippen LogP) is 3.53. The fourth-order valence-corrected chi connectivity index (χ4v) is 3.42. The Morgan fingerprint density at radius 1 is 1.03 bits per heavy atom. The predicted molar refractivity (Wildman–Crippen MR) is 104 cm³/mol. The molecule has 29 heavy (non-hydrogen) atoms. The van der Waals surface area contributed by atoms with Crippen molar-refractivity contribution in [2.75, 3.05) is 14.2 Å². The summed E-state index contributed by atoms with van der Waals surface area (Å²) in [6, 6.07) is 7.72. The van der Waals surface area contributed by atoms with Crippen LogP contribution >= 0.6 is 0 Å². The van der Waals surface area contributed by atoms with Crippen LogP contribution < -0.4 is 9.47 Å². The zero-order valence-electron chi connectivity index (χ0n) is 16.4. The van der Waals surface area contributed by atoms with Gasteiger partial charge in [0.1, 0.15) is 5.56 Å². The molecule has 1 aliphatic carbocycles. The Bertz CT molecular complexity index is 983. The number of ketones is 1. The van der Waals surface area contributed by atoms with Crippen LogP contribution in [0.15, 0.2) is 30.3 Å². The molecule has 0 radical (unpaired) electrons. The number of benzene rings is 2. The smallest absolute Gasteiger partial charge is 0.346 e. The summed E-state index contributed by atoms with van der Waals surface area (Å²) < 4.78 is 15.4. The number of rotatable bonds is 7. The summed E-state index contributed by atoms with van der Waals surface area (Å²) in [6.07, 6.45) is 1.87. The van der Waals surface area contributed by atoms with Crippen molar-refractivity contribution in [3.05, 3.63) is 62.7 Å². The number of esters is 1. The third kappa shape index (κ3) is 4.06. The second kappa shape index (κ2) is 8.30. The molecule has 0 aliphatic heterocycles. The maximum atomic E-state index is 12.7. The molecule has 8 heteroatoms. The molecule has 0 heterocycles. The van der Waals surface area contributed by atoms with E-state index in [1.165, 1.54) is 32.8 Å². The number of hydrogen-bond acceptors (Lipinski definition) is 7. The number of methoxy groups -OCH3 is 2. The Morgan fingerprint density at radius 3 is 2.34 bits per heavy atom. The Labute approximate surface area is 167 Å². The van der Waals surface area contributed by atoms with Gasteiger partial charge in [-0.15, -0.1) is 0 Å². The van der Waals surface area contributed by atoms with Crippen LogP contribution in [0.3, 0.4) is 0 Å². The number of carbonyl (C=O) groups excluding carboxylic acids is 2. The van der Waals surface area contributed by atoms with E-state index in [0.29, 0.717) is 5.56 Å². The molecule has 152 valence electrons. The van der Waals surface area contributed by atoms with Gasteiger partial charge in [0.15, 0.2) is 17.6 Å². The summed E-state index contributed by atoms with van der Waals surface area (Å²) in [4.78, 5) is 36.0. The number of nitrogens with zero attached hydrogens (tertiary/aromatic N) is 1. The summed E-state index contributed by atoms with van der Waals surface area (Å²) >= 11 is 0. The molecule has 2 aromatic carbocycles. The van der Waals surface area contributed by atoms with Crippen molar-refractivity contribution in [2.45, 2.75) is 32.3 Å². The number of fused-ring (bicyclic) bond motifs is 1. The highest BCUT2D eigenvalue weighted by Crippen LogP contribution is 2.35. The standard InChI is InChI=1S/C21H21NO7/c1-12(20(23)15-8-7-13-5-4-6-14(13)9-15)29-21(24)16-10-18(27-2)19(28-3)11-17(16)22(25)26/h7-12H,4-6H2,1-3H3/t12-/m1/s1. The van der Waals surface area contributed by atoms with E-state index < -0.39 is 22.7 Å². The van der Waals surface area contributed by atoms with Gasteiger partial charge in [0.05, 0.1) is 25.2 Å². The Balaban J connectivity index is 1.83. The molecule has 0 amide bonds. The minimum absolute atomic E-state index is 0.109. The average Bonchev–Trinajstić information content (AvgIpc) is 3.19. The van der Waals surface area contributed by atoms with E-state index in [0.717, 1.165) is 30.9 Å². The molecule has 0 saturated carbocycles. The van der Waals surface area contributed by atoms with Crippen LogP contribution in [0.5, 0.6) is 11.5 Å². The topological polar surface area (TPSA) is 105 Å². The first kappa shape index (κ1) is 20.3. The Kier molecular flexibility index (Phi) is 5.81. The van der Waals surface area contributed by atoms with E-state index >= 15 is 0 Å². The number of Topliss-reactive ketones (excluding diaryl/α,β-unsaturated/α-hetero) is 1. The van der Waals surface area contributed by atoms with Crippen molar-refractivity contribution in [1.29, 1.82) is 0 Å². The highest BCUT2D eigenvalue weighted by atomic mass is 16.6. The minimum atomic E-state index is -1.10. The highest BCUT2D eigenvalue weighted by molar-refractivity contribution is 6.02. The summed E-state index contributed by atoms with van der Waals surface area (Å²) in [6.45, 7) is 1.44. The van der Waals surface area contributed by atoms with Crippen molar-refractivity contribution >= 4 is 17.4 Å². The van der Waals surface area contributed by atoms with Gasteiger partial charge in [-0.1, -0.05) is 12.1 Å². The van der Waals surface area contributed by atoms with Crippen LogP contribution in [0.4, 0.5) is 5.69 Å². The van der Waals surface area contributed by atoms with Gasteiger partial charge in [0, 0.05) is 11.6 Å². The molecule has 0 unspecified atom stereocenters. The quantitative estimate of drug-likeness (QED) is 0.303. The number of aryl methyl sites for hydroxylation is 2. The molecule has 0 fully saturated rings. The summed E-state index contributed by atoms with van der Waals surface area (Å²) in [5.74, 6) is -1.10. The van der Waals surface area contributed by atoms with E-state index in [1.54, 1.807) is 6.07 Å². The van der Waals surface area contributed by atoms with Gasteiger partial charge in [-0.25, -0.2) is 4.79 Å². The van der Waals surface area contributed by atoms with E-state index in [9.17, 15) is 19.7 Å². The van der Waals surface area contributed by atoms with Gasteiger partial charge in [0.25, 0.3) is 5.69 Å². The van der Waals surface area contributed by atoms with Crippen molar-refractivity contribution in [2.24, 2.45) is 0 Å². The summed E-state index contributed by atoms with van der Waals surface area (Å²) in [7, 11) is 2.68. The lowest BCUT2D eigenvalue weighted by atomic mass is 10.0. The third-order valence-electron chi connectivity index (χ3n) is 4.95. The molecular formula is C21H21NO7. The molecule has 8 nitrogen and oxygen atoms in total. The first-order valence-corrected chi connectivity index (χ1v) is 9.13. The second-order valence-corrected chi connectivity index (χ2v) is 6.73. The number of nitro benzene ring substituents is 1. The number of hydrogen-bond donors (Lipinski definition) is 0. The van der Waals surface area contributed by atoms with Crippen LogP contribution in [-0.2, 0) is 17.6 Å². The molecule has 0 N–H and O–H groups in total. The molecule has 0 saturated heterocycles. The molecule has 0 spiro atoms. The largest absolute Gasteiger partial charge is 0.493 e. The summed E-state index contributed by atoms with van der Waals surface area (Å²) in [5, 5.41) is 11.4. The molecule has 1 atom stereocenters. The Morgan fingerprint density at radius 2 is 1.69 bits per heavy atom. The normalized spacial score (nSPS) is 13.3. The lowest BCUT2D eigenvalue weighted by Crippen LogP contribution is -2.25. The number of nitro groups is 1. The highest BCUT2D eigenvalue weighted by Gasteiger charge is 2.29. The molecule has 1 aliphatic rings. The zero-order chi connectivity index (χ0) is 21.1. The molecule has 0 bridgehead atoms. The molecular weight excluding hydrogens is 378 g/mol. The maximum absolute atomic E-state index is 12.7. The lowest BCUT2D eigenvalue weighted by Gasteiger charge is -2.14. The van der Waals surface area contributed by atoms with Gasteiger partial charge in [-0.2, -0.15) is 0 Å². The monoisotopic (exact) mass is 399 g/mol. The van der Waals surface area contributed by atoms with Gasteiger partial charge in [-0.05, 0) is 43.4 Å². The fourth-order valence-electron chi connectivity index (χ4n) is 3.42. The van der Waals surface area contributed by atoms with Gasteiger partial charge in [-0.3, -0.25) is 14.9 Å². The van der Waals surface area contributed by atoms with Gasteiger partial charge >= 0.3 is 5.97 Å². The first-order valence-electron chi connectivity index (χ1n) is 9.13. The van der Waals surface area contributed by atoms with Crippen LogP contribution in [0.1, 0.15) is 45.2 Å². The van der Waals surface area contributed by atoms with Crippen molar-refractivity contribution in [3.63, 3.8) is 0 Å². The Hall–Kier alpha value is -3.42. The number of carbonyl (C=O) groups is 2. The third-order valence-corrected chi connectivity index (χ3v) is 4.95. The van der Waals surface area contributed by atoms with Gasteiger partial charge < -0.3 is 14.2 Å². The summed E-state index contributed by atoms with van der Waals surface area (Å²) in [5.41, 5.74) is 2.00. The van der Waals surface area contributed by atoms with Crippen LogP contribution in [0.2, 0.25) is 0 Å². The van der Waals surface area contributed by atoms with E-state index in [2.05, 4.69) is 0 Å². The first-order chi connectivity index (χ1) is 13.8. The van der Waals surface area contributed by atoms with Crippen molar-refractivity contribution in [3.8, 4) is 11.5 Å². The molecule has 2 aromatic rings. The minimum Gasteiger partial charge on any atom is -0.493 e. The van der Waals surface area contributed by atoms with E-state index in [4.69, 9.17) is 14.2 Å². The average molecular weight is 399 g/mol. The molecule has 0 aromatic heterocycles. The van der Waals surface area contributed by atoms with Crippen LogP contribution in [0.25, 0.3) is 0 Å². The molecule has 3 rings (SSSR count). The lowest BCUT2D eigenvalue weighted by molar-refractivity contribution is -0.385. The van der Waals surface area contributed by atoms with Crippen molar-refractivity contribution < 1.29 is 28.7 Å².